The Balaban J connectivity index is 1.97. The van der Waals surface area contributed by atoms with E-state index in [9.17, 15) is 0 Å². The molecule has 19 heavy (non-hydrogen) atoms. The lowest BCUT2D eigenvalue weighted by molar-refractivity contribution is 0.296. The second kappa shape index (κ2) is 7.07. The van der Waals surface area contributed by atoms with Gasteiger partial charge in [-0.15, -0.1) is 0 Å². The van der Waals surface area contributed by atoms with E-state index in [1.807, 2.05) is 18.2 Å². The molecule has 100 valence electrons. The third-order valence-electron chi connectivity index (χ3n) is 2.55. The van der Waals surface area contributed by atoms with Gasteiger partial charge in [0.25, 0.3) is 0 Å². The van der Waals surface area contributed by atoms with E-state index in [1.54, 1.807) is 18.5 Å². The molecule has 4 nitrogen and oxygen atoms in total. The lowest BCUT2D eigenvalue weighted by Crippen LogP contribution is -2.11. The fourth-order valence-corrected chi connectivity index (χ4v) is 1.85. The Bertz CT molecular complexity index is 519. The zero-order chi connectivity index (χ0) is 13.5. The molecule has 0 spiro atoms. The first-order valence-corrected chi connectivity index (χ1v) is 6.55. The number of nitrogens with one attached hydrogen (secondary N) is 1. The van der Waals surface area contributed by atoms with E-state index in [0.29, 0.717) is 23.2 Å². The number of hydrogen-bond donors (Lipinski definition) is 1. The molecular formula is C14H16ClN3O. The van der Waals surface area contributed by atoms with E-state index >= 15 is 0 Å². The maximum atomic E-state index is 6.18. The number of aromatic nitrogens is 2. The Morgan fingerprint density at radius 1 is 1.26 bits per heavy atom. The highest BCUT2D eigenvalue weighted by atomic mass is 35.5. The Morgan fingerprint density at radius 2 is 2.05 bits per heavy atom. The fraction of sp³-hybridized carbons (Fsp3) is 0.286. The molecule has 0 aliphatic rings. The van der Waals surface area contributed by atoms with Crippen LogP contribution < -0.4 is 10.1 Å². The van der Waals surface area contributed by atoms with Crippen molar-refractivity contribution in [2.45, 2.75) is 20.1 Å². The standard InChI is InChI=1S/C14H16ClN3O/c1-2-16-9-11-4-5-13(12(15)8-11)19-10-14-17-6-3-7-18-14/h3-8,16H,2,9-10H2,1H3. The topological polar surface area (TPSA) is 47.0 Å². The Kier molecular flexibility index (Phi) is 5.12. The smallest absolute Gasteiger partial charge is 0.166 e. The van der Waals surface area contributed by atoms with Crippen molar-refractivity contribution < 1.29 is 4.74 Å². The van der Waals surface area contributed by atoms with Crippen molar-refractivity contribution in [3.8, 4) is 5.75 Å². The molecule has 2 rings (SSSR count). The van der Waals surface area contributed by atoms with Gasteiger partial charge in [-0.2, -0.15) is 0 Å². The molecule has 0 amide bonds. The highest BCUT2D eigenvalue weighted by Crippen LogP contribution is 2.26. The van der Waals surface area contributed by atoms with Crippen molar-refractivity contribution in [2.75, 3.05) is 6.54 Å². The van der Waals surface area contributed by atoms with Gasteiger partial charge in [-0.25, -0.2) is 9.97 Å². The number of hydrogen-bond acceptors (Lipinski definition) is 4. The zero-order valence-electron chi connectivity index (χ0n) is 10.8. The summed E-state index contributed by atoms with van der Waals surface area (Å²) in [6, 6.07) is 7.55. The molecule has 0 bridgehead atoms. The maximum absolute atomic E-state index is 6.18. The Labute approximate surface area is 117 Å². The normalized spacial score (nSPS) is 10.4. The van der Waals surface area contributed by atoms with Gasteiger partial charge in [-0.1, -0.05) is 24.6 Å². The average molecular weight is 278 g/mol. The van der Waals surface area contributed by atoms with E-state index in [0.717, 1.165) is 18.7 Å². The van der Waals surface area contributed by atoms with Gasteiger partial charge in [0.05, 0.1) is 5.02 Å². The third kappa shape index (κ3) is 4.19. The van der Waals surface area contributed by atoms with Crippen LogP contribution in [0.3, 0.4) is 0 Å². The minimum absolute atomic E-state index is 0.313. The van der Waals surface area contributed by atoms with Crippen LogP contribution in [0.1, 0.15) is 18.3 Å². The van der Waals surface area contributed by atoms with Crippen molar-refractivity contribution in [3.05, 3.63) is 53.1 Å². The number of benzene rings is 1. The van der Waals surface area contributed by atoms with Crippen LogP contribution >= 0.6 is 11.6 Å². The molecule has 0 saturated heterocycles. The van der Waals surface area contributed by atoms with Gasteiger partial charge >= 0.3 is 0 Å². The molecule has 0 saturated carbocycles. The van der Waals surface area contributed by atoms with E-state index in [1.165, 1.54) is 0 Å². The van der Waals surface area contributed by atoms with Gasteiger partial charge in [0.1, 0.15) is 12.4 Å². The molecular weight excluding hydrogens is 262 g/mol. The first-order valence-electron chi connectivity index (χ1n) is 6.17. The Hall–Kier alpha value is -1.65. The van der Waals surface area contributed by atoms with Gasteiger partial charge in [-0.3, -0.25) is 0 Å². The SMILES string of the molecule is CCNCc1ccc(OCc2ncccn2)c(Cl)c1. The van der Waals surface area contributed by atoms with Crippen LogP contribution in [0.4, 0.5) is 0 Å². The van der Waals surface area contributed by atoms with Gasteiger partial charge in [0, 0.05) is 18.9 Å². The first kappa shape index (κ1) is 13.8. The highest BCUT2D eigenvalue weighted by Gasteiger charge is 2.04. The average Bonchev–Trinajstić information content (AvgIpc) is 2.45. The highest BCUT2D eigenvalue weighted by molar-refractivity contribution is 6.32. The molecule has 0 atom stereocenters. The lowest BCUT2D eigenvalue weighted by atomic mass is 10.2. The number of rotatable bonds is 6. The molecule has 0 unspecified atom stereocenters. The quantitative estimate of drug-likeness (QED) is 0.882. The third-order valence-corrected chi connectivity index (χ3v) is 2.85. The Morgan fingerprint density at radius 3 is 2.74 bits per heavy atom. The molecule has 2 aromatic rings. The van der Waals surface area contributed by atoms with Crippen LogP contribution in [0.25, 0.3) is 0 Å². The molecule has 0 fully saturated rings. The predicted octanol–water partition coefficient (Wildman–Crippen LogP) is 2.82. The van der Waals surface area contributed by atoms with Gasteiger partial charge in [0.15, 0.2) is 5.82 Å². The molecule has 0 radical (unpaired) electrons. The van der Waals surface area contributed by atoms with Crippen LogP contribution in [0, 0.1) is 0 Å². The number of ether oxygens (including phenoxy) is 1. The summed E-state index contributed by atoms with van der Waals surface area (Å²) in [7, 11) is 0. The minimum Gasteiger partial charge on any atom is -0.484 e. The maximum Gasteiger partial charge on any atom is 0.166 e. The van der Waals surface area contributed by atoms with Gasteiger partial charge in [0.2, 0.25) is 0 Å². The number of nitrogens with zero attached hydrogens (tertiary/aromatic N) is 2. The number of halogens is 1. The molecule has 1 heterocycles. The van der Waals surface area contributed by atoms with Crippen LogP contribution in [0.5, 0.6) is 5.75 Å². The van der Waals surface area contributed by atoms with Crippen molar-refractivity contribution in [1.82, 2.24) is 15.3 Å². The zero-order valence-corrected chi connectivity index (χ0v) is 11.5. The summed E-state index contributed by atoms with van der Waals surface area (Å²) >= 11 is 6.18. The second-order valence-electron chi connectivity index (χ2n) is 4.00. The molecule has 1 aromatic heterocycles. The van der Waals surface area contributed by atoms with Crippen molar-refractivity contribution >= 4 is 11.6 Å². The summed E-state index contributed by atoms with van der Waals surface area (Å²) in [6.07, 6.45) is 3.37. The largest absolute Gasteiger partial charge is 0.484 e. The van der Waals surface area contributed by atoms with Crippen molar-refractivity contribution in [1.29, 1.82) is 0 Å². The molecule has 1 N–H and O–H groups in total. The van der Waals surface area contributed by atoms with Crippen LogP contribution in [0.2, 0.25) is 5.02 Å². The summed E-state index contributed by atoms with van der Waals surface area (Å²) in [5.41, 5.74) is 1.13. The van der Waals surface area contributed by atoms with Crippen molar-refractivity contribution in [3.63, 3.8) is 0 Å². The van der Waals surface area contributed by atoms with Gasteiger partial charge in [-0.05, 0) is 30.3 Å². The van der Waals surface area contributed by atoms with E-state index in [4.69, 9.17) is 16.3 Å². The molecule has 1 aromatic carbocycles. The van der Waals surface area contributed by atoms with Crippen LogP contribution in [-0.2, 0) is 13.2 Å². The molecule has 0 aliphatic heterocycles. The summed E-state index contributed by atoms with van der Waals surface area (Å²) in [4.78, 5) is 8.18. The van der Waals surface area contributed by atoms with E-state index in [2.05, 4.69) is 22.2 Å². The van der Waals surface area contributed by atoms with E-state index < -0.39 is 0 Å². The molecule has 5 heteroatoms. The predicted molar refractivity (Wildman–Crippen MR) is 75.2 cm³/mol. The summed E-state index contributed by atoms with van der Waals surface area (Å²) < 4.78 is 5.60. The fourth-order valence-electron chi connectivity index (χ4n) is 1.59. The van der Waals surface area contributed by atoms with E-state index in [-0.39, 0.29) is 0 Å². The minimum atomic E-state index is 0.313. The molecule has 0 aliphatic carbocycles. The van der Waals surface area contributed by atoms with Crippen LogP contribution in [0.15, 0.2) is 36.7 Å². The monoisotopic (exact) mass is 277 g/mol. The van der Waals surface area contributed by atoms with Gasteiger partial charge < -0.3 is 10.1 Å². The summed E-state index contributed by atoms with van der Waals surface area (Å²) in [5, 5.41) is 3.85. The van der Waals surface area contributed by atoms with Crippen LogP contribution in [-0.4, -0.2) is 16.5 Å². The summed E-state index contributed by atoms with van der Waals surface area (Å²) in [6.45, 7) is 4.12. The lowest BCUT2D eigenvalue weighted by Gasteiger charge is -2.09. The van der Waals surface area contributed by atoms with Crippen molar-refractivity contribution in [2.24, 2.45) is 0 Å². The summed E-state index contributed by atoms with van der Waals surface area (Å²) in [5.74, 6) is 1.28. The second-order valence-corrected chi connectivity index (χ2v) is 4.41. The first-order chi connectivity index (χ1) is 9.29.